The first-order valence-corrected chi connectivity index (χ1v) is 6.92. The summed E-state index contributed by atoms with van der Waals surface area (Å²) in [4.78, 5) is 4.39. The molecule has 1 saturated carbocycles. The number of hydrogen-bond acceptors (Lipinski definition) is 3. The fourth-order valence-electron chi connectivity index (χ4n) is 2.79. The second kappa shape index (κ2) is 5.85. The Kier molecular flexibility index (Phi) is 4.40. The Morgan fingerprint density at radius 2 is 2.22 bits per heavy atom. The third-order valence-corrected chi connectivity index (χ3v) is 3.95. The van der Waals surface area contributed by atoms with Gasteiger partial charge in [0, 0.05) is 32.5 Å². The van der Waals surface area contributed by atoms with Crippen LogP contribution in [0.1, 0.15) is 44.9 Å². The summed E-state index contributed by atoms with van der Waals surface area (Å²) < 4.78 is 7.50. The van der Waals surface area contributed by atoms with Crippen molar-refractivity contribution in [1.29, 1.82) is 0 Å². The minimum atomic E-state index is -0.591. The van der Waals surface area contributed by atoms with Gasteiger partial charge in [-0.1, -0.05) is 6.92 Å². The standard InChI is InChI=1S/C14H24N2O2/c1-3-9-16-10-8-15-13(16)11-14(17)6-4-12(18-2)5-7-14/h8,10,12,17H,3-7,9,11H2,1-2H3. The second-order valence-electron chi connectivity index (χ2n) is 5.37. The van der Waals surface area contributed by atoms with E-state index in [2.05, 4.69) is 16.5 Å². The van der Waals surface area contributed by atoms with Crippen molar-refractivity contribution in [3.8, 4) is 0 Å². The van der Waals surface area contributed by atoms with E-state index in [1.165, 1.54) is 0 Å². The molecule has 1 aliphatic rings. The molecule has 0 atom stereocenters. The summed E-state index contributed by atoms with van der Waals surface area (Å²) >= 11 is 0. The van der Waals surface area contributed by atoms with Crippen LogP contribution in [-0.4, -0.2) is 33.5 Å². The van der Waals surface area contributed by atoms with Crippen molar-refractivity contribution in [2.75, 3.05) is 7.11 Å². The van der Waals surface area contributed by atoms with E-state index in [-0.39, 0.29) is 0 Å². The molecular weight excluding hydrogens is 228 g/mol. The summed E-state index contributed by atoms with van der Waals surface area (Å²) in [5.41, 5.74) is -0.591. The molecule has 0 aliphatic heterocycles. The number of nitrogens with zero attached hydrogens (tertiary/aromatic N) is 2. The summed E-state index contributed by atoms with van der Waals surface area (Å²) in [6.45, 7) is 3.13. The van der Waals surface area contributed by atoms with E-state index in [0.29, 0.717) is 12.5 Å². The van der Waals surface area contributed by atoms with Gasteiger partial charge in [0.2, 0.25) is 0 Å². The van der Waals surface area contributed by atoms with Crippen LogP contribution in [0.25, 0.3) is 0 Å². The van der Waals surface area contributed by atoms with Gasteiger partial charge in [-0.2, -0.15) is 0 Å². The Labute approximate surface area is 109 Å². The highest BCUT2D eigenvalue weighted by Crippen LogP contribution is 2.32. The van der Waals surface area contributed by atoms with Gasteiger partial charge in [-0.3, -0.25) is 0 Å². The summed E-state index contributed by atoms with van der Waals surface area (Å²) in [6.07, 6.45) is 9.42. The molecule has 2 rings (SSSR count). The van der Waals surface area contributed by atoms with E-state index < -0.39 is 5.60 Å². The zero-order valence-electron chi connectivity index (χ0n) is 11.4. The highest BCUT2D eigenvalue weighted by atomic mass is 16.5. The van der Waals surface area contributed by atoms with Crippen LogP contribution in [-0.2, 0) is 17.7 Å². The lowest BCUT2D eigenvalue weighted by Crippen LogP contribution is -2.39. The minimum Gasteiger partial charge on any atom is -0.389 e. The normalized spacial score (nSPS) is 28.5. The van der Waals surface area contributed by atoms with E-state index in [1.54, 1.807) is 7.11 Å². The Balaban J connectivity index is 1.98. The van der Waals surface area contributed by atoms with Gasteiger partial charge in [0.05, 0.1) is 11.7 Å². The lowest BCUT2D eigenvalue weighted by molar-refractivity contribution is -0.0442. The van der Waals surface area contributed by atoms with Crippen LogP contribution in [0.15, 0.2) is 12.4 Å². The second-order valence-corrected chi connectivity index (χ2v) is 5.37. The predicted molar refractivity (Wildman–Crippen MR) is 70.4 cm³/mol. The number of hydrogen-bond donors (Lipinski definition) is 1. The molecule has 1 aromatic rings. The van der Waals surface area contributed by atoms with Gasteiger partial charge in [0.15, 0.2) is 0 Å². The lowest BCUT2D eigenvalue weighted by Gasteiger charge is -2.35. The van der Waals surface area contributed by atoms with Gasteiger partial charge >= 0.3 is 0 Å². The monoisotopic (exact) mass is 252 g/mol. The van der Waals surface area contributed by atoms with Gasteiger partial charge in [-0.15, -0.1) is 0 Å². The van der Waals surface area contributed by atoms with Crippen LogP contribution in [0, 0.1) is 0 Å². The average Bonchev–Trinajstić information content (AvgIpc) is 2.78. The fraction of sp³-hybridized carbons (Fsp3) is 0.786. The molecule has 0 saturated heterocycles. The Morgan fingerprint density at radius 3 is 2.83 bits per heavy atom. The fourth-order valence-corrected chi connectivity index (χ4v) is 2.79. The number of ether oxygens (including phenoxy) is 1. The van der Waals surface area contributed by atoms with Gasteiger partial charge in [-0.05, 0) is 32.1 Å². The first-order chi connectivity index (χ1) is 8.67. The number of aliphatic hydroxyl groups is 1. The van der Waals surface area contributed by atoms with E-state index in [0.717, 1.165) is 44.5 Å². The van der Waals surface area contributed by atoms with Crippen LogP contribution in [0.4, 0.5) is 0 Å². The first-order valence-electron chi connectivity index (χ1n) is 6.92. The summed E-state index contributed by atoms with van der Waals surface area (Å²) in [5.74, 6) is 1.01. The van der Waals surface area contributed by atoms with Crippen LogP contribution in [0.2, 0.25) is 0 Å². The molecule has 1 aliphatic carbocycles. The molecule has 102 valence electrons. The topological polar surface area (TPSA) is 47.3 Å². The first kappa shape index (κ1) is 13.6. The largest absolute Gasteiger partial charge is 0.389 e. The molecule has 0 radical (unpaired) electrons. The maximum absolute atomic E-state index is 10.6. The summed E-state index contributed by atoms with van der Waals surface area (Å²) in [5, 5.41) is 10.6. The number of imidazole rings is 1. The van der Waals surface area contributed by atoms with E-state index in [1.807, 2.05) is 12.4 Å². The molecule has 0 bridgehead atoms. The Morgan fingerprint density at radius 1 is 1.50 bits per heavy atom. The van der Waals surface area contributed by atoms with E-state index in [9.17, 15) is 5.11 Å². The zero-order chi connectivity index (χ0) is 13.0. The summed E-state index contributed by atoms with van der Waals surface area (Å²) in [6, 6.07) is 0. The van der Waals surface area contributed by atoms with E-state index in [4.69, 9.17) is 4.74 Å². The van der Waals surface area contributed by atoms with Crippen LogP contribution in [0.5, 0.6) is 0 Å². The Hall–Kier alpha value is -0.870. The molecule has 0 spiro atoms. The molecule has 4 heteroatoms. The van der Waals surface area contributed by atoms with Crippen molar-refractivity contribution in [1.82, 2.24) is 9.55 Å². The Bertz CT molecular complexity index is 368. The van der Waals surface area contributed by atoms with Gasteiger partial charge in [0.25, 0.3) is 0 Å². The molecule has 1 heterocycles. The third-order valence-electron chi connectivity index (χ3n) is 3.95. The van der Waals surface area contributed by atoms with E-state index >= 15 is 0 Å². The van der Waals surface area contributed by atoms with Crippen molar-refractivity contribution >= 4 is 0 Å². The number of aryl methyl sites for hydroxylation is 1. The zero-order valence-corrected chi connectivity index (χ0v) is 11.4. The quantitative estimate of drug-likeness (QED) is 0.873. The molecular formula is C14H24N2O2. The smallest absolute Gasteiger partial charge is 0.111 e. The highest BCUT2D eigenvalue weighted by Gasteiger charge is 2.34. The van der Waals surface area contributed by atoms with Crippen LogP contribution >= 0.6 is 0 Å². The van der Waals surface area contributed by atoms with Crippen molar-refractivity contribution in [2.45, 2.75) is 63.7 Å². The van der Waals surface area contributed by atoms with Crippen LogP contribution < -0.4 is 0 Å². The number of aromatic nitrogens is 2. The molecule has 1 fully saturated rings. The average molecular weight is 252 g/mol. The molecule has 0 unspecified atom stereocenters. The van der Waals surface area contributed by atoms with Crippen molar-refractivity contribution in [3.05, 3.63) is 18.2 Å². The molecule has 0 amide bonds. The molecule has 0 aromatic carbocycles. The molecule has 1 N–H and O–H groups in total. The van der Waals surface area contributed by atoms with Gasteiger partial charge in [-0.25, -0.2) is 4.98 Å². The van der Waals surface area contributed by atoms with Crippen LogP contribution in [0.3, 0.4) is 0 Å². The summed E-state index contributed by atoms with van der Waals surface area (Å²) in [7, 11) is 1.75. The van der Waals surface area contributed by atoms with Gasteiger partial charge in [0.1, 0.15) is 5.82 Å². The third kappa shape index (κ3) is 3.12. The molecule has 1 aromatic heterocycles. The maximum Gasteiger partial charge on any atom is 0.111 e. The minimum absolute atomic E-state index is 0.320. The number of methoxy groups -OCH3 is 1. The number of rotatable bonds is 5. The van der Waals surface area contributed by atoms with Crippen molar-refractivity contribution in [3.63, 3.8) is 0 Å². The molecule has 18 heavy (non-hydrogen) atoms. The van der Waals surface area contributed by atoms with Crippen molar-refractivity contribution < 1.29 is 9.84 Å². The van der Waals surface area contributed by atoms with Gasteiger partial charge < -0.3 is 14.4 Å². The predicted octanol–water partition coefficient (Wildman–Crippen LogP) is 2.16. The SMILES string of the molecule is CCCn1ccnc1CC1(O)CCC(OC)CC1. The van der Waals surface area contributed by atoms with Crippen molar-refractivity contribution in [2.24, 2.45) is 0 Å². The lowest BCUT2D eigenvalue weighted by atomic mass is 9.81. The maximum atomic E-state index is 10.6. The highest BCUT2D eigenvalue weighted by molar-refractivity contribution is 5.00. The molecule has 4 nitrogen and oxygen atoms in total.